The molecule has 0 aliphatic rings. The molecule has 0 aliphatic heterocycles. The van der Waals surface area contributed by atoms with Crippen LogP contribution in [0.2, 0.25) is 0 Å². The first-order valence-electron chi connectivity index (χ1n) is 1.62. The molecule has 1 unspecified atom stereocenters. The lowest BCUT2D eigenvalue weighted by Gasteiger charge is -1.93. The molecule has 0 aliphatic carbocycles. The summed E-state index contributed by atoms with van der Waals surface area (Å²) in [5.74, 6) is 0. The van der Waals surface area contributed by atoms with Crippen molar-refractivity contribution < 1.29 is 9.90 Å². The molecule has 0 rings (SSSR count). The number of aliphatic hydroxyl groups is 1. The Labute approximate surface area is 58.2 Å². The molecule has 0 bridgehead atoms. The van der Waals surface area contributed by atoms with E-state index < -0.39 is 4.83 Å². The van der Waals surface area contributed by atoms with Crippen molar-refractivity contribution in [2.45, 2.75) is 4.83 Å². The maximum absolute atomic E-state index is 10.1. The third-order valence-corrected chi connectivity index (χ3v) is 2.28. The molecule has 0 aromatic heterocycles. The van der Waals surface area contributed by atoms with Crippen LogP contribution < -0.4 is 0 Å². The van der Waals surface area contributed by atoms with Gasteiger partial charge in [-0.15, -0.1) is 0 Å². The molecule has 0 saturated carbocycles. The van der Waals surface area contributed by atoms with Crippen molar-refractivity contribution in [3.63, 3.8) is 0 Å². The average Bonchev–Trinajstić information content (AvgIpc) is 1.65. The van der Waals surface area contributed by atoms with Crippen molar-refractivity contribution in [2.24, 2.45) is 0 Å². The minimum atomic E-state index is -0.451. The van der Waals surface area contributed by atoms with Crippen LogP contribution in [0.15, 0.2) is 0 Å². The van der Waals surface area contributed by atoms with Gasteiger partial charge in [0.1, 0.15) is 4.83 Å². The van der Waals surface area contributed by atoms with Crippen LogP contribution in [-0.2, 0) is 4.79 Å². The molecule has 42 valence electrons. The smallest absolute Gasteiger partial charge is 0.213 e. The zero-order chi connectivity index (χ0) is 5.86. The van der Waals surface area contributed by atoms with E-state index in [1.165, 1.54) is 0 Å². The quantitative estimate of drug-likeness (QED) is 0.560. The minimum Gasteiger partial charge on any atom is -0.395 e. The third-order valence-electron chi connectivity index (χ3n) is 0.407. The maximum atomic E-state index is 10.1. The number of aliphatic hydroxyl groups excluding tert-OH is 1. The predicted molar refractivity (Wildman–Crippen MR) is 33.7 cm³/mol. The highest BCUT2D eigenvalue weighted by atomic mass is 79.9. The molecule has 0 amide bonds. The summed E-state index contributed by atoms with van der Waals surface area (Å²) in [6.07, 6.45) is 0. The number of alkyl halides is 1. The number of halogens is 2. The Hall–Kier alpha value is 0.590. The van der Waals surface area contributed by atoms with Crippen LogP contribution in [0.3, 0.4) is 0 Å². The van der Waals surface area contributed by atoms with Crippen LogP contribution in [0.4, 0.5) is 0 Å². The van der Waals surface area contributed by atoms with Crippen LogP contribution in [-0.4, -0.2) is 21.2 Å². The van der Waals surface area contributed by atoms with Gasteiger partial charge in [0.05, 0.1) is 6.61 Å². The largest absolute Gasteiger partial charge is 0.395 e. The number of rotatable bonds is 2. The molecule has 1 atom stereocenters. The van der Waals surface area contributed by atoms with Crippen molar-refractivity contribution >= 4 is 36.6 Å². The molecular formula is C3H4Br2O2. The Kier molecular flexibility index (Phi) is 3.88. The lowest BCUT2D eigenvalue weighted by atomic mass is 10.5. The van der Waals surface area contributed by atoms with E-state index in [4.69, 9.17) is 5.11 Å². The SMILES string of the molecule is O=C(Br)C(Br)CO. The number of hydrogen-bond donors (Lipinski definition) is 1. The normalized spacial score (nSPS) is 13.6. The summed E-state index contributed by atoms with van der Waals surface area (Å²) in [6.45, 7) is -0.163. The van der Waals surface area contributed by atoms with Gasteiger partial charge in [0.15, 0.2) is 0 Å². The summed E-state index contributed by atoms with van der Waals surface area (Å²) >= 11 is 5.55. The van der Waals surface area contributed by atoms with Crippen LogP contribution in [0.25, 0.3) is 0 Å². The van der Waals surface area contributed by atoms with Gasteiger partial charge in [-0.05, 0) is 15.9 Å². The van der Waals surface area contributed by atoms with Crippen molar-refractivity contribution in [3.05, 3.63) is 0 Å². The van der Waals surface area contributed by atoms with Gasteiger partial charge >= 0.3 is 0 Å². The standard InChI is InChI=1S/C3H4Br2O2/c4-2(1-6)3(5)7/h2,6H,1H2. The molecule has 4 heteroatoms. The summed E-state index contributed by atoms with van der Waals surface area (Å²) in [6, 6.07) is 0. The molecule has 0 heterocycles. The van der Waals surface area contributed by atoms with Crippen LogP contribution in [0.5, 0.6) is 0 Å². The van der Waals surface area contributed by atoms with Gasteiger partial charge in [0.25, 0.3) is 0 Å². The minimum absolute atomic E-state index is 0.163. The van der Waals surface area contributed by atoms with Gasteiger partial charge in [-0.1, -0.05) is 15.9 Å². The first-order valence-corrected chi connectivity index (χ1v) is 3.33. The zero-order valence-corrected chi connectivity index (χ0v) is 6.57. The number of hydrogen-bond acceptors (Lipinski definition) is 2. The molecule has 1 N–H and O–H groups in total. The summed E-state index contributed by atoms with van der Waals surface area (Å²) < 4.78 is -0.227. The fourth-order valence-electron chi connectivity index (χ4n) is 0.0718. The summed E-state index contributed by atoms with van der Waals surface area (Å²) in [4.78, 5) is 9.63. The maximum Gasteiger partial charge on any atom is 0.213 e. The van der Waals surface area contributed by atoms with Gasteiger partial charge in [-0.3, -0.25) is 4.79 Å². The molecule has 0 aromatic carbocycles. The Balaban J connectivity index is 3.34. The summed E-state index contributed by atoms with van der Waals surface area (Å²) in [5, 5.41) is 8.21. The highest BCUT2D eigenvalue weighted by Gasteiger charge is 2.07. The fraction of sp³-hybridized carbons (Fsp3) is 0.667. The van der Waals surface area contributed by atoms with Crippen molar-refractivity contribution in [1.82, 2.24) is 0 Å². The van der Waals surface area contributed by atoms with Crippen molar-refractivity contribution in [1.29, 1.82) is 0 Å². The predicted octanol–water partition coefficient (Wildman–Crippen LogP) is 0.664. The Morgan fingerprint density at radius 1 is 1.86 bits per heavy atom. The monoisotopic (exact) mass is 230 g/mol. The first-order chi connectivity index (χ1) is 3.18. The van der Waals surface area contributed by atoms with E-state index in [9.17, 15) is 4.79 Å². The average molecular weight is 232 g/mol. The van der Waals surface area contributed by atoms with Gasteiger partial charge in [0, 0.05) is 0 Å². The van der Waals surface area contributed by atoms with E-state index in [0.29, 0.717) is 0 Å². The Bertz CT molecular complexity index is 73.3. The van der Waals surface area contributed by atoms with E-state index in [2.05, 4.69) is 31.9 Å². The van der Waals surface area contributed by atoms with Crippen LogP contribution in [0, 0.1) is 0 Å². The molecule has 0 saturated heterocycles. The fourth-order valence-corrected chi connectivity index (χ4v) is 0.217. The summed E-state index contributed by atoms with van der Waals surface area (Å²) in [7, 11) is 0. The molecule has 0 aromatic rings. The van der Waals surface area contributed by atoms with Gasteiger partial charge < -0.3 is 5.11 Å². The second-order valence-electron chi connectivity index (χ2n) is 0.954. The van der Waals surface area contributed by atoms with Crippen LogP contribution >= 0.6 is 31.9 Å². The molecule has 0 spiro atoms. The van der Waals surface area contributed by atoms with Crippen molar-refractivity contribution in [3.8, 4) is 0 Å². The second kappa shape index (κ2) is 3.57. The highest BCUT2D eigenvalue weighted by molar-refractivity contribution is 9.20. The summed E-state index contributed by atoms with van der Waals surface area (Å²) in [5.41, 5.74) is 0. The van der Waals surface area contributed by atoms with Crippen LogP contribution in [0.1, 0.15) is 0 Å². The van der Waals surface area contributed by atoms with E-state index in [1.807, 2.05) is 0 Å². The molecule has 0 fully saturated rings. The second-order valence-corrected chi connectivity index (χ2v) is 2.84. The first kappa shape index (κ1) is 7.59. The topological polar surface area (TPSA) is 37.3 Å². The molecule has 0 radical (unpaired) electrons. The number of carbonyl (C=O) groups is 1. The highest BCUT2D eigenvalue weighted by Crippen LogP contribution is 2.03. The molecule has 7 heavy (non-hydrogen) atoms. The van der Waals surface area contributed by atoms with Gasteiger partial charge in [-0.25, -0.2) is 0 Å². The van der Waals surface area contributed by atoms with E-state index in [0.717, 1.165) is 0 Å². The lowest BCUT2D eigenvalue weighted by Crippen LogP contribution is -2.10. The van der Waals surface area contributed by atoms with E-state index in [1.54, 1.807) is 0 Å². The van der Waals surface area contributed by atoms with Gasteiger partial charge in [-0.2, -0.15) is 0 Å². The van der Waals surface area contributed by atoms with E-state index in [-0.39, 0.29) is 11.3 Å². The van der Waals surface area contributed by atoms with Crippen molar-refractivity contribution in [2.75, 3.05) is 6.61 Å². The number of carbonyl (C=O) groups excluding carboxylic acids is 1. The molecular weight excluding hydrogens is 228 g/mol. The Morgan fingerprint density at radius 2 is 2.29 bits per heavy atom. The zero-order valence-electron chi connectivity index (χ0n) is 3.40. The van der Waals surface area contributed by atoms with Gasteiger partial charge in [0.2, 0.25) is 4.69 Å². The molecule has 2 nitrogen and oxygen atoms in total. The van der Waals surface area contributed by atoms with E-state index >= 15 is 0 Å². The Morgan fingerprint density at radius 3 is 2.29 bits per heavy atom. The lowest BCUT2D eigenvalue weighted by molar-refractivity contribution is -0.110. The third kappa shape index (κ3) is 3.20.